The van der Waals surface area contributed by atoms with Crippen LogP contribution in [0.15, 0.2) is 24.3 Å². The summed E-state index contributed by atoms with van der Waals surface area (Å²) in [6.45, 7) is 2.28. The van der Waals surface area contributed by atoms with Crippen molar-refractivity contribution in [2.75, 3.05) is 63.3 Å². The predicted molar refractivity (Wildman–Crippen MR) is 92.3 cm³/mol. The Morgan fingerprint density at radius 2 is 1.70 bits per heavy atom. The summed E-state index contributed by atoms with van der Waals surface area (Å²) >= 11 is 0. The lowest BCUT2D eigenvalue weighted by Gasteiger charge is -2.32. The molecule has 0 saturated carbocycles. The van der Waals surface area contributed by atoms with Crippen LogP contribution >= 0.6 is 0 Å². The molecule has 0 unspecified atom stereocenters. The first-order valence-corrected chi connectivity index (χ1v) is 9.35. The maximum Gasteiger partial charge on any atom is 0.238 e. The van der Waals surface area contributed by atoms with Crippen LogP contribution in [0.4, 0.5) is 11.4 Å². The predicted octanol–water partition coefficient (Wildman–Crippen LogP) is 0.268. The van der Waals surface area contributed by atoms with E-state index in [-0.39, 0.29) is 12.5 Å². The van der Waals surface area contributed by atoms with Gasteiger partial charge in [-0.15, -0.1) is 0 Å². The maximum absolute atomic E-state index is 12.1. The number of anilines is 2. The summed E-state index contributed by atoms with van der Waals surface area (Å²) in [6.07, 6.45) is 1.22. The molecule has 1 aliphatic heterocycles. The van der Waals surface area contributed by atoms with E-state index in [0.29, 0.717) is 26.2 Å². The number of carbonyl (C=O) groups is 1. The number of nitrogens with zero attached hydrogens (tertiary/aromatic N) is 3. The zero-order valence-electron chi connectivity index (χ0n) is 13.8. The molecule has 1 aromatic rings. The minimum atomic E-state index is -3.14. The van der Waals surface area contributed by atoms with Crippen molar-refractivity contribution in [2.24, 2.45) is 0 Å². The summed E-state index contributed by atoms with van der Waals surface area (Å²) < 4.78 is 24.4. The first kappa shape index (κ1) is 17.7. The number of benzene rings is 1. The molecule has 1 N–H and O–H groups in total. The van der Waals surface area contributed by atoms with Gasteiger partial charge in [-0.2, -0.15) is 4.31 Å². The molecule has 2 rings (SSSR count). The average Bonchev–Trinajstić information content (AvgIpc) is 2.47. The number of nitrogens with one attached hydrogen (secondary N) is 1. The van der Waals surface area contributed by atoms with E-state index in [2.05, 4.69) is 5.32 Å². The fourth-order valence-electron chi connectivity index (χ4n) is 2.47. The summed E-state index contributed by atoms with van der Waals surface area (Å²) in [6, 6.07) is 7.63. The van der Waals surface area contributed by atoms with E-state index in [1.54, 1.807) is 0 Å². The van der Waals surface area contributed by atoms with Crippen molar-refractivity contribution in [2.45, 2.75) is 0 Å². The van der Waals surface area contributed by atoms with Crippen molar-refractivity contribution in [3.8, 4) is 0 Å². The lowest BCUT2D eigenvalue weighted by Crippen LogP contribution is -2.50. The van der Waals surface area contributed by atoms with Gasteiger partial charge in [-0.25, -0.2) is 8.42 Å². The normalized spacial score (nSPS) is 17.0. The number of carbonyl (C=O) groups excluding carboxylic acids is 1. The van der Waals surface area contributed by atoms with Gasteiger partial charge in [0, 0.05) is 51.6 Å². The van der Waals surface area contributed by atoms with Crippen LogP contribution < -0.4 is 10.2 Å². The third kappa shape index (κ3) is 5.19. The van der Waals surface area contributed by atoms with Gasteiger partial charge in [-0.05, 0) is 24.3 Å². The third-order valence-electron chi connectivity index (χ3n) is 3.83. The van der Waals surface area contributed by atoms with Crippen LogP contribution in [0.5, 0.6) is 0 Å². The molecule has 0 bridgehead atoms. The number of sulfonamides is 1. The van der Waals surface area contributed by atoms with Crippen molar-refractivity contribution < 1.29 is 13.2 Å². The highest BCUT2D eigenvalue weighted by Crippen LogP contribution is 2.15. The van der Waals surface area contributed by atoms with Crippen molar-refractivity contribution in [1.82, 2.24) is 9.21 Å². The quantitative estimate of drug-likeness (QED) is 0.833. The summed E-state index contributed by atoms with van der Waals surface area (Å²) in [5.74, 6) is -0.0876. The molecule has 0 radical (unpaired) electrons. The second-order valence-corrected chi connectivity index (χ2v) is 7.91. The Hall–Kier alpha value is -1.64. The smallest absolute Gasteiger partial charge is 0.238 e. The lowest BCUT2D eigenvalue weighted by molar-refractivity contribution is -0.117. The third-order valence-corrected chi connectivity index (χ3v) is 5.14. The van der Waals surface area contributed by atoms with Crippen LogP contribution in [0.25, 0.3) is 0 Å². The first-order valence-electron chi connectivity index (χ1n) is 7.50. The lowest BCUT2D eigenvalue weighted by atomic mass is 10.2. The molecule has 0 aliphatic carbocycles. The van der Waals surface area contributed by atoms with Gasteiger partial charge >= 0.3 is 0 Å². The zero-order chi connectivity index (χ0) is 17.0. The molecule has 1 amide bonds. The van der Waals surface area contributed by atoms with E-state index in [0.717, 1.165) is 11.4 Å². The number of hydrogen-bond donors (Lipinski definition) is 1. The minimum absolute atomic E-state index is 0.0876. The van der Waals surface area contributed by atoms with Crippen molar-refractivity contribution >= 4 is 27.3 Å². The molecule has 128 valence electrons. The average molecular weight is 340 g/mol. The van der Waals surface area contributed by atoms with Gasteiger partial charge in [0.25, 0.3) is 0 Å². The Morgan fingerprint density at radius 3 is 2.17 bits per heavy atom. The second kappa shape index (κ2) is 7.29. The van der Waals surface area contributed by atoms with E-state index in [9.17, 15) is 13.2 Å². The summed E-state index contributed by atoms with van der Waals surface area (Å²) in [7, 11) is 0.789. The van der Waals surface area contributed by atoms with E-state index >= 15 is 0 Å². The Morgan fingerprint density at radius 1 is 1.13 bits per heavy atom. The molecular formula is C15H24N4O3S. The summed E-state index contributed by atoms with van der Waals surface area (Å²) in [5.41, 5.74) is 1.83. The first-order chi connectivity index (χ1) is 10.8. The van der Waals surface area contributed by atoms with Crippen molar-refractivity contribution in [1.29, 1.82) is 0 Å². The highest BCUT2D eigenvalue weighted by molar-refractivity contribution is 7.88. The van der Waals surface area contributed by atoms with E-state index in [1.165, 1.54) is 10.6 Å². The van der Waals surface area contributed by atoms with Crippen LogP contribution in [-0.4, -0.2) is 76.6 Å². The van der Waals surface area contributed by atoms with Gasteiger partial charge in [0.2, 0.25) is 15.9 Å². The SMILES string of the molecule is CN(C)c1ccc(NC(=O)CN2CCN(S(C)(=O)=O)CC2)cc1. The Kier molecular flexibility index (Phi) is 5.61. The number of rotatable bonds is 5. The second-order valence-electron chi connectivity index (χ2n) is 5.93. The Balaban J connectivity index is 1.81. The number of amides is 1. The highest BCUT2D eigenvalue weighted by atomic mass is 32.2. The monoisotopic (exact) mass is 340 g/mol. The molecule has 1 saturated heterocycles. The molecule has 1 aromatic carbocycles. The standard InChI is InChI=1S/C15H24N4O3S/c1-17(2)14-6-4-13(5-7-14)16-15(20)12-18-8-10-19(11-9-18)23(3,21)22/h4-7H,8-12H2,1-3H3,(H,16,20). The Labute approximate surface area is 137 Å². The van der Waals surface area contributed by atoms with E-state index in [1.807, 2.05) is 48.2 Å². The summed E-state index contributed by atoms with van der Waals surface area (Å²) in [5, 5.41) is 2.87. The van der Waals surface area contributed by atoms with Gasteiger partial charge in [-0.3, -0.25) is 9.69 Å². The van der Waals surface area contributed by atoms with Crippen molar-refractivity contribution in [3.63, 3.8) is 0 Å². The zero-order valence-corrected chi connectivity index (χ0v) is 14.6. The number of hydrogen-bond acceptors (Lipinski definition) is 5. The molecule has 0 spiro atoms. The molecule has 0 aromatic heterocycles. The maximum atomic E-state index is 12.1. The van der Waals surface area contributed by atoms with Crippen LogP contribution in [0, 0.1) is 0 Å². The van der Waals surface area contributed by atoms with E-state index in [4.69, 9.17) is 0 Å². The molecule has 1 heterocycles. The van der Waals surface area contributed by atoms with Gasteiger partial charge < -0.3 is 10.2 Å². The highest BCUT2D eigenvalue weighted by Gasteiger charge is 2.24. The van der Waals surface area contributed by atoms with Gasteiger partial charge in [0.05, 0.1) is 12.8 Å². The molecule has 23 heavy (non-hydrogen) atoms. The van der Waals surface area contributed by atoms with Crippen LogP contribution in [0.2, 0.25) is 0 Å². The van der Waals surface area contributed by atoms with Gasteiger partial charge in [0.1, 0.15) is 0 Å². The van der Waals surface area contributed by atoms with Gasteiger partial charge in [0.15, 0.2) is 0 Å². The van der Waals surface area contributed by atoms with E-state index < -0.39 is 10.0 Å². The molecule has 0 atom stereocenters. The molecule has 1 fully saturated rings. The molecular weight excluding hydrogens is 316 g/mol. The largest absolute Gasteiger partial charge is 0.378 e. The minimum Gasteiger partial charge on any atom is -0.378 e. The fourth-order valence-corrected chi connectivity index (χ4v) is 3.29. The van der Waals surface area contributed by atoms with Gasteiger partial charge in [-0.1, -0.05) is 0 Å². The Bertz CT molecular complexity index is 635. The summed E-state index contributed by atoms with van der Waals surface area (Å²) in [4.78, 5) is 16.0. The molecule has 7 nitrogen and oxygen atoms in total. The molecule has 1 aliphatic rings. The molecule has 8 heteroatoms. The topological polar surface area (TPSA) is 73.0 Å². The number of piperazine rings is 1. The van der Waals surface area contributed by atoms with Crippen LogP contribution in [0.3, 0.4) is 0 Å². The van der Waals surface area contributed by atoms with Crippen molar-refractivity contribution in [3.05, 3.63) is 24.3 Å². The fraction of sp³-hybridized carbons (Fsp3) is 0.533. The van der Waals surface area contributed by atoms with Crippen LogP contribution in [0.1, 0.15) is 0 Å². The van der Waals surface area contributed by atoms with Crippen LogP contribution in [-0.2, 0) is 14.8 Å².